The van der Waals surface area contributed by atoms with E-state index in [0.29, 0.717) is 24.3 Å². The first-order valence-corrected chi connectivity index (χ1v) is 6.72. The van der Waals surface area contributed by atoms with Crippen LogP contribution in [0.4, 0.5) is 0 Å². The van der Waals surface area contributed by atoms with Gasteiger partial charge >= 0.3 is 0 Å². The van der Waals surface area contributed by atoms with E-state index >= 15 is 0 Å². The van der Waals surface area contributed by atoms with E-state index in [9.17, 15) is 4.79 Å². The number of rotatable bonds is 9. The van der Waals surface area contributed by atoms with Crippen molar-refractivity contribution in [3.63, 3.8) is 0 Å². The first kappa shape index (κ1) is 16.8. The number of carbonyl (C=O) groups excluding carboxylic acids is 1. The van der Waals surface area contributed by atoms with E-state index in [1.807, 2.05) is 12.1 Å². The van der Waals surface area contributed by atoms with Crippen molar-refractivity contribution in [1.29, 1.82) is 0 Å². The van der Waals surface area contributed by atoms with Crippen molar-refractivity contribution in [2.75, 3.05) is 13.7 Å². The lowest BCUT2D eigenvalue weighted by Crippen LogP contribution is -2.17. The summed E-state index contributed by atoms with van der Waals surface area (Å²) >= 11 is 0. The molecule has 1 aromatic rings. The Bertz CT molecular complexity index is 503. The standard InChI is InChI=1S/C14H22N4O3/c1-21-12-8-10(5-6-11(12)14(16)18-20)9-17-7-3-2-4-13(15)19/h5-6,8,17,20H,2-4,7,9H2,1H3,(H2,15,19)(H2,16,18). The second-order valence-corrected chi connectivity index (χ2v) is 4.62. The second-order valence-electron chi connectivity index (χ2n) is 4.62. The summed E-state index contributed by atoms with van der Waals surface area (Å²) in [5.41, 5.74) is 12.2. The van der Waals surface area contributed by atoms with Gasteiger partial charge in [-0.2, -0.15) is 0 Å². The maximum absolute atomic E-state index is 10.6. The van der Waals surface area contributed by atoms with Gasteiger partial charge < -0.3 is 26.7 Å². The van der Waals surface area contributed by atoms with Gasteiger partial charge in [0, 0.05) is 13.0 Å². The third-order valence-electron chi connectivity index (χ3n) is 3.01. The number of unbranched alkanes of at least 4 members (excludes halogenated alkanes) is 1. The number of nitrogens with two attached hydrogens (primary N) is 2. The van der Waals surface area contributed by atoms with Crippen LogP contribution in [0.2, 0.25) is 0 Å². The van der Waals surface area contributed by atoms with Crippen molar-refractivity contribution >= 4 is 11.7 Å². The molecule has 0 aliphatic rings. The van der Waals surface area contributed by atoms with Gasteiger partial charge in [-0.1, -0.05) is 11.2 Å². The average Bonchev–Trinajstić information content (AvgIpc) is 2.49. The fraction of sp³-hybridized carbons (Fsp3) is 0.429. The van der Waals surface area contributed by atoms with E-state index in [1.54, 1.807) is 6.07 Å². The van der Waals surface area contributed by atoms with E-state index < -0.39 is 0 Å². The molecule has 1 amide bonds. The highest BCUT2D eigenvalue weighted by Gasteiger charge is 2.08. The molecular formula is C14H22N4O3. The van der Waals surface area contributed by atoms with Crippen LogP contribution in [-0.2, 0) is 11.3 Å². The molecule has 0 aliphatic heterocycles. The van der Waals surface area contributed by atoms with Crippen molar-refractivity contribution in [1.82, 2.24) is 5.32 Å². The summed E-state index contributed by atoms with van der Waals surface area (Å²) in [6, 6.07) is 5.47. The summed E-state index contributed by atoms with van der Waals surface area (Å²) in [7, 11) is 1.53. The Labute approximate surface area is 123 Å². The quantitative estimate of drug-likeness (QED) is 0.174. The van der Waals surface area contributed by atoms with Gasteiger partial charge in [0.1, 0.15) is 5.75 Å². The van der Waals surface area contributed by atoms with Crippen molar-refractivity contribution in [2.45, 2.75) is 25.8 Å². The van der Waals surface area contributed by atoms with Crippen LogP contribution in [0.1, 0.15) is 30.4 Å². The molecule has 7 heteroatoms. The number of hydrogen-bond acceptors (Lipinski definition) is 5. The highest BCUT2D eigenvalue weighted by Crippen LogP contribution is 2.20. The maximum atomic E-state index is 10.6. The van der Waals surface area contributed by atoms with E-state index in [1.165, 1.54) is 7.11 Å². The zero-order valence-electron chi connectivity index (χ0n) is 12.1. The summed E-state index contributed by atoms with van der Waals surface area (Å²) in [5.74, 6) is 0.301. The fourth-order valence-electron chi connectivity index (χ4n) is 1.89. The van der Waals surface area contributed by atoms with Crippen LogP contribution in [0.5, 0.6) is 5.75 Å². The van der Waals surface area contributed by atoms with Gasteiger partial charge in [0.25, 0.3) is 0 Å². The van der Waals surface area contributed by atoms with Gasteiger partial charge in [0.05, 0.1) is 12.7 Å². The molecule has 7 nitrogen and oxygen atoms in total. The average molecular weight is 294 g/mol. The molecule has 0 aliphatic carbocycles. The number of carbonyl (C=O) groups is 1. The van der Waals surface area contributed by atoms with Crippen LogP contribution in [-0.4, -0.2) is 30.6 Å². The minimum atomic E-state index is -0.265. The molecule has 0 spiro atoms. The molecule has 0 saturated heterocycles. The lowest BCUT2D eigenvalue weighted by Gasteiger charge is -2.10. The lowest BCUT2D eigenvalue weighted by atomic mass is 10.1. The van der Waals surface area contributed by atoms with Crippen LogP contribution in [0.15, 0.2) is 23.4 Å². The smallest absolute Gasteiger partial charge is 0.217 e. The number of nitrogens with zero attached hydrogens (tertiary/aromatic N) is 1. The zero-order chi connectivity index (χ0) is 15.7. The van der Waals surface area contributed by atoms with Crippen molar-refractivity contribution in [3.8, 4) is 5.75 Å². The minimum Gasteiger partial charge on any atom is -0.496 e. The van der Waals surface area contributed by atoms with Gasteiger partial charge in [-0.15, -0.1) is 0 Å². The highest BCUT2D eigenvalue weighted by atomic mass is 16.5. The number of amides is 1. The molecule has 0 atom stereocenters. The molecule has 0 radical (unpaired) electrons. The van der Waals surface area contributed by atoms with Gasteiger partial charge in [0.15, 0.2) is 5.84 Å². The number of methoxy groups -OCH3 is 1. The molecule has 0 unspecified atom stereocenters. The number of benzene rings is 1. The number of ether oxygens (including phenoxy) is 1. The summed E-state index contributed by atoms with van der Waals surface area (Å²) in [6.07, 6.45) is 2.10. The summed E-state index contributed by atoms with van der Waals surface area (Å²) < 4.78 is 5.23. The zero-order valence-corrected chi connectivity index (χ0v) is 12.1. The van der Waals surface area contributed by atoms with Gasteiger partial charge in [-0.05, 0) is 37.1 Å². The van der Waals surface area contributed by atoms with Crippen molar-refractivity contribution in [3.05, 3.63) is 29.3 Å². The monoisotopic (exact) mass is 294 g/mol. The van der Waals surface area contributed by atoms with Gasteiger partial charge in [0.2, 0.25) is 5.91 Å². The summed E-state index contributed by atoms with van der Waals surface area (Å²) in [5, 5.41) is 14.9. The van der Waals surface area contributed by atoms with Crippen LogP contribution in [0, 0.1) is 0 Å². The van der Waals surface area contributed by atoms with E-state index in [4.69, 9.17) is 21.4 Å². The minimum absolute atomic E-state index is 0.0119. The first-order valence-electron chi connectivity index (χ1n) is 6.72. The van der Waals surface area contributed by atoms with Gasteiger partial charge in [-0.25, -0.2) is 0 Å². The molecule has 0 aromatic heterocycles. The van der Waals surface area contributed by atoms with E-state index in [2.05, 4.69) is 10.5 Å². The maximum Gasteiger partial charge on any atom is 0.217 e. The predicted octanol–water partition coefficient (Wildman–Crippen LogP) is 0.535. The van der Waals surface area contributed by atoms with Crippen LogP contribution < -0.4 is 21.5 Å². The van der Waals surface area contributed by atoms with Crippen LogP contribution in [0.25, 0.3) is 0 Å². The number of amidine groups is 1. The summed E-state index contributed by atoms with van der Waals surface area (Å²) in [6.45, 7) is 1.47. The number of primary amides is 1. The topological polar surface area (TPSA) is 123 Å². The lowest BCUT2D eigenvalue weighted by molar-refractivity contribution is -0.118. The number of hydrogen-bond donors (Lipinski definition) is 4. The molecule has 21 heavy (non-hydrogen) atoms. The van der Waals surface area contributed by atoms with Gasteiger partial charge in [-0.3, -0.25) is 4.79 Å². The molecule has 0 saturated carbocycles. The number of nitrogens with one attached hydrogen (secondary N) is 1. The Balaban J connectivity index is 2.48. The predicted molar refractivity (Wildman–Crippen MR) is 80.3 cm³/mol. The Kier molecular flexibility index (Phi) is 7.03. The van der Waals surface area contributed by atoms with E-state index in [-0.39, 0.29) is 11.7 Å². The van der Waals surface area contributed by atoms with Crippen LogP contribution >= 0.6 is 0 Å². The Morgan fingerprint density at radius 3 is 2.76 bits per heavy atom. The summed E-state index contributed by atoms with van der Waals surface area (Å²) in [4.78, 5) is 10.6. The molecule has 0 heterocycles. The highest BCUT2D eigenvalue weighted by molar-refractivity contribution is 5.99. The Morgan fingerprint density at radius 2 is 2.14 bits per heavy atom. The Hall–Kier alpha value is -2.28. The fourth-order valence-corrected chi connectivity index (χ4v) is 1.89. The third kappa shape index (κ3) is 5.70. The normalized spacial score (nSPS) is 11.4. The number of oxime groups is 1. The first-order chi connectivity index (χ1) is 10.1. The van der Waals surface area contributed by atoms with Crippen molar-refractivity contribution in [2.24, 2.45) is 16.6 Å². The van der Waals surface area contributed by atoms with E-state index in [0.717, 1.165) is 24.9 Å². The largest absolute Gasteiger partial charge is 0.496 e. The molecule has 0 fully saturated rings. The van der Waals surface area contributed by atoms with Crippen LogP contribution in [0.3, 0.4) is 0 Å². The molecular weight excluding hydrogens is 272 g/mol. The molecule has 116 valence electrons. The Morgan fingerprint density at radius 1 is 1.38 bits per heavy atom. The van der Waals surface area contributed by atoms with Crippen molar-refractivity contribution < 1.29 is 14.7 Å². The molecule has 6 N–H and O–H groups in total. The molecule has 1 aromatic carbocycles. The second kappa shape index (κ2) is 8.80. The molecule has 1 rings (SSSR count). The SMILES string of the molecule is COc1cc(CNCCCCC(N)=O)ccc1/C(N)=N/O. The third-order valence-corrected chi connectivity index (χ3v) is 3.01. The molecule has 0 bridgehead atoms.